The van der Waals surface area contributed by atoms with E-state index in [2.05, 4.69) is 13.8 Å². The van der Waals surface area contributed by atoms with Crippen molar-refractivity contribution in [2.75, 3.05) is 0 Å². The van der Waals surface area contributed by atoms with Crippen LogP contribution in [0, 0.1) is 34.5 Å². The Labute approximate surface area is 186 Å². The van der Waals surface area contributed by atoms with E-state index in [-0.39, 0.29) is 29.4 Å². The van der Waals surface area contributed by atoms with Crippen LogP contribution in [0.2, 0.25) is 0 Å². The molecule has 0 unspecified atom stereocenters. The average Bonchev–Trinajstić information content (AvgIpc) is 2.92. The van der Waals surface area contributed by atoms with E-state index in [1.807, 2.05) is 0 Å². The van der Waals surface area contributed by atoms with Gasteiger partial charge in [0.1, 0.15) is 17.8 Å². The molecule has 176 valence electrons. The Balaban J connectivity index is 1.59. The number of aliphatic hydroxyl groups excluding tert-OH is 1. The zero-order valence-electron chi connectivity index (χ0n) is 19.7. The third-order valence-corrected chi connectivity index (χ3v) is 10.1. The summed E-state index contributed by atoms with van der Waals surface area (Å²) in [5.74, 6) is 0.745. The fourth-order valence-electron chi connectivity index (χ4n) is 8.74. The Bertz CT molecular complexity index is 738. The molecule has 4 aliphatic carbocycles. The van der Waals surface area contributed by atoms with Gasteiger partial charge in [-0.3, -0.25) is 9.59 Å². The highest BCUT2D eigenvalue weighted by atomic mass is 16.6. The van der Waals surface area contributed by atoms with Crippen molar-refractivity contribution in [1.82, 2.24) is 0 Å². The summed E-state index contributed by atoms with van der Waals surface area (Å²) in [4.78, 5) is 23.0. The second kappa shape index (κ2) is 7.72. The number of hydrogen-bond donors (Lipinski definition) is 2. The Hall–Kier alpha value is -1.14. The number of carbonyl (C=O) groups excluding carboxylic acids is 2. The highest BCUT2D eigenvalue weighted by molar-refractivity contribution is 5.66. The first-order valence-electron chi connectivity index (χ1n) is 12.2. The van der Waals surface area contributed by atoms with E-state index in [0.717, 1.165) is 38.5 Å². The summed E-state index contributed by atoms with van der Waals surface area (Å²) in [6.07, 6.45) is 5.80. The van der Waals surface area contributed by atoms with Gasteiger partial charge in [-0.05, 0) is 87.4 Å². The van der Waals surface area contributed by atoms with Crippen molar-refractivity contribution in [1.29, 1.82) is 0 Å². The minimum Gasteiger partial charge on any atom is -0.463 e. The third kappa shape index (κ3) is 3.43. The van der Waals surface area contributed by atoms with Crippen molar-refractivity contribution in [2.45, 2.75) is 110 Å². The van der Waals surface area contributed by atoms with Crippen LogP contribution in [0.25, 0.3) is 0 Å². The second-order valence-electron chi connectivity index (χ2n) is 11.5. The Kier molecular flexibility index (Phi) is 5.74. The Morgan fingerprint density at radius 1 is 1.03 bits per heavy atom. The van der Waals surface area contributed by atoms with Crippen molar-refractivity contribution in [2.24, 2.45) is 34.5 Å². The van der Waals surface area contributed by atoms with Crippen LogP contribution in [-0.4, -0.2) is 46.1 Å². The van der Waals surface area contributed by atoms with E-state index in [1.54, 1.807) is 6.92 Å². The van der Waals surface area contributed by atoms with Crippen molar-refractivity contribution < 1.29 is 29.3 Å². The molecule has 10 atom stereocenters. The van der Waals surface area contributed by atoms with Crippen molar-refractivity contribution in [3.63, 3.8) is 0 Å². The van der Waals surface area contributed by atoms with Crippen LogP contribution in [0.4, 0.5) is 0 Å². The molecule has 0 spiro atoms. The molecule has 4 saturated carbocycles. The van der Waals surface area contributed by atoms with Gasteiger partial charge in [0.05, 0.1) is 6.10 Å². The van der Waals surface area contributed by atoms with Gasteiger partial charge in [0.15, 0.2) is 0 Å². The van der Waals surface area contributed by atoms with E-state index in [9.17, 15) is 19.8 Å². The number of rotatable bonds is 3. The van der Waals surface area contributed by atoms with Gasteiger partial charge in [0.25, 0.3) is 0 Å². The molecule has 6 nitrogen and oxygen atoms in total. The monoisotopic (exact) mass is 436 g/mol. The fraction of sp³-hybridized carbons (Fsp3) is 0.920. The number of carbonyl (C=O) groups is 2. The Morgan fingerprint density at radius 2 is 1.74 bits per heavy atom. The molecule has 0 bridgehead atoms. The highest BCUT2D eigenvalue weighted by Gasteiger charge is 2.68. The minimum absolute atomic E-state index is 0.000671. The van der Waals surface area contributed by atoms with Gasteiger partial charge in [-0.15, -0.1) is 0 Å². The summed E-state index contributed by atoms with van der Waals surface area (Å²) in [7, 11) is 0. The number of esters is 2. The van der Waals surface area contributed by atoms with Crippen molar-refractivity contribution in [3.05, 3.63) is 0 Å². The van der Waals surface area contributed by atoms with E-state index in [1.165, 1.54) is 13.8 Å². The highest BCUT2D eigenvalue weighted by Crippen LogP contribution is 2.68. The predicted octanol–water partition coefficient (Wildman–Crippen LogP) is 3.61. The fourth-order valence-corrected chi connectivity index (χ4v) is 8.74. The summed E-state index contributed by atoms with van der Waals surface area (Å²) in [6.45, 7) is 9.11. The largest absolute Gasteiger partial charge is 0.463 e. The molecule has 0 heterocycles. The molecule has 6 heteroatoms. The van der Waals surface area contributed by atoms with Gasteiger partial charge in [0.2, 0.25) is 0 Å². The molecule has 0 amide bonds. The lowest BCUT2D eigenvalue weighted by atomic mass is 9.43. The lowest BCUT2D eigenvalue weighted by Gasteiger charge is -2.63. The maximum atomic E-state index is 11.7. The lowest BCUT2D eigenvalue weighted by Crippen LogP contribution is -2.63. The van der Waals surface area contributed by atoms with Crippen molar-refractivity contribution in [3.8, 4) is 0 Å². The summed E-state index contributed by atoms with van der Waals surface area (Å²) < 4.78 is 11.0. The lowest BCUT2D eigenvalue weighted by molar-refractivity contribution is -0.224. The molecule has 0 aromatic carbocycles. The van der Waals surface area contributed by atoms with E-state index in [0.29, 0.717) is 30.6 Å². The van der Waals surface area contributed by atoms with Crippen LogP contribution < -0.4 is 0 Å². The van der Waals surface area contributed by atoms with Gasteiger partial charge in [-0.2, -0.15) is 0 Å². The van der Waals surface area contributed by atoms with Crippen LogP contribution >= 0.6 is 0 Å². The average molecular weight is 437 g/mol. The molecular weight excluding hydrogens is 396 g/mol. The topological polar surface area (TPSA) is 93.1 Å². The van der Waals surface area contributed by atoms with Crippen molar-refractivity contribution >= 4 is 11.9 Å². The van der Waals surface area contributed by atoms with Crippen LogP contribution in [-0.2, 0) is 19.1 Å². The summed E-state index contributed by atoms with van der Waals surface area (Å²) in [5.41, 5.74) is -1.55. The molecule has 0 aliphatic heterocycles. The number of fused-ring (bicyclic) bond motifs is 5. The molecule has 31 heavy (non-hydrogen) atoms. The van der Waals surface area contributed by atoms with Gasteiger partial charge in [0, 0.05) is 19.3 Å². The normalized spacial score (nSPS) is 49.9. The predicted molar refractivity (Wildman–Crippen MR) is 115 cm³/mol. The van der Waals surface area contributed by atoms with Gasteiger partial charge < -0.3 is 19.7 Å². The molecule has 0 radical (unpaired) electrons. The molecule has 4 aliphatic rings. The number of aliphatic hydroxyl groups is 2. The zero-order chi connectivity index (χ0) is 22.8. The minimum atomic E-state index is -1.11. The summed E-state index contributed by atoms with van der Waals surface area (Å²) in [5, 5.41) is 23.3. The van der Waals surface area contributed by atoms with Gasteiger partial charge in [-0.25, -0.2) is 0 Å². The zero-order valence-corrected chi connectivity index (χ0v) is 19.7. The molecule has 0 saturated heterocycles. The standard InChI is InChI=1S/C25H40O6/c1-14(30-15(2)26)25(29)11-9-20-19-7-6-17-12-18(31-16(3)27)8-10-23(17,4)22(19)21(28)13-24(20,25)5/h14,17-22,28-29H,6-13H2,1-5H3/t14-,17-,18+,19-,20-,21-,22+,23-,24-,25+/m0/s1. The smallest absolute Gasteiger partial charge is 0.302 e. The first-order valence-corrected chi connectivity index (χ1v) is 12.2. The van der Waals surface area contributed by atoms with Gasteiger partial charge >= 0.3 is 11.9 Å². The maximum absolute atomic E-state index is 11.7. The van der Waals surface area contributed by atoms with E-state index in [4.69, 9.17) is 9.47 Å². The van der Waals surface area contributed by atoms with Crippen LogP contribution in [0.15, 0.2) is 0 Å². The second-order valence-corrected chi connectivity index (χ2v) is 11.5. The Morgan fingerprint density at radius 3 is 2.39 bits per heavy atom. The molecule has 0 aromatic rings. The third-order valence-electron chi connectivity index (χ3n) is 10.1. The summed E-state index contributed by atoms with van der Waals surface area (Å²) in [6, 6.07) is 0. The quantitative estimate of drug-likeness (QED) is 0.657. The van der Waals surface area contributed by atoms with Crippen LogP contribution in [0.1, 0.15) is 86.0 Å². The maximum Gasteiger partial charge on any atom is 0.302 e. The van der Waals surface area contributed by atoms with E-state index < -0.39 is 23.2 Å². The summed E-state index contributed by atoms with van der Waals surface area (Å²) >= 11 is 0. The van der Waals surface area contributed by atoms with E-state index >= 15 is 0 Å². The molecular formula is C25H40O6. The number of ether oxygens (including phenoxy) is 2. The molecule has 0 aromatic heterocycles. The first kappa shape index (κ1) is 23.0. The SMILES string of the molecule is CC(=O)O[C@@H]1CC[C@@]2(C)[C@@H](CC[C@@H]3[C@@H]2[C@@H](O)C[C@@]2(C)[C@H]3CC[C@@]2(O)[C@H](C)OC(C)=O)C1. The molecule has 4 fully saturated rings. The molecule has 4 rings (SSSR count). The number of hydrogen-bond acceptors (Lipinski definition) is 6. The molecule has 2 N–H and O–H groups in total. The first-order chi connectivity index (χ1) is 14.4. The van der Waals surface area contributed by atoms with Crippen LogP contribution in [0.5, 0.6) is 0 Å². The van der Waals surface area contributed by atoms with Gasteiger partial charge in [-0.1, -0.05) is 13.8 Å². The van der Waals surface area contributed by atoms with Crippen LogP contribution in [0.3, 0.4) is 0 Å².